The van der Waals surface area contributed by atoms with Gasteiger partial charge in [-0.15, -0.1) is 24.0 Å². The highest BCUT2D eigenvalue weighted by Crippen LogP contribution is 2.33. The van der Waals surface area contributed by atoms with E-state index in [9.17, 15) is 0 Å². The van der Waals surface area contributed by atoms with Gasteiger partial charge in [-0.25, -0.2) is 0 Å². The Bertz CT molecular complexity index is 677. The van der Waals surface area contributed by atoms with Gasteiger partial charge in [0.2, 0.25) is 0 Å². The van der Waals surface area contributed by atoms with Gasteiger partial charge in [-0.3, -0.25) is 4.99 Å². The molecule has 1 fully saturated rings. The lowest BCUT2D eigenvalue weighted by molar-refractivity contribution is -0.0835. The predicted molar refractivity (Wildman–Crippen MR) is 139 cm³/mol. The largest absolute Gasteiger partial charge is 0.493 e. The van der Waals surface area contributed by atoms with E-state index in [0.29, 0.717) is 25.7 Å². The molecule has 0 saturated carbocycles. The second-order valence-corrected chi connectivity index (χ2v) is 9.17. The van der Waals surface area contributed by atoms with Crippen LogP contribution in [0.4, 0.5) is 0 Å². The Hall–Kier alpha value is -1.06. The molecule has 1 aromatic carbocycles. The zero-order chi connectivity index (χ0) is 22.0. The van der Waals surface area contributed by atoms with Gasteiger partial charge in [-0.2, -0.15) is 0 Å². The van der Waals surface area contributed by atoms with E-state index in [0.717, 1.165) is 43.3 Å². The monoisotopic (exact) mass is 547 g/mol. The van der Waals surface area contributed by atoms with E-state index in [4.69, 9.17) is 14.2 Å². The maximum absolute atomic E-state index is 6.11. The molecule has 0 amide bonds. The number of benzene rings is 1. The van der Waals surface area contributed by atoms with Crippen LogP contribution in [-0.4, -0.2) is 52.6 Å². The molecule has 0 spiro atoms. The molecular weight excluding hydrogens is 505 g/mol. The summed E-state index contributed by atoms with van der Waals surface area (Å²) < 4.78 is 17.2. The van der Waals surface area contributed by atoms with Crippen LogP contribution < -0.4 is 15.4 Å². The zero-order valence-corrected chi connectivity index (χ0v) is 22.5. The van der Waals surface area contributed by atoms with Gasteiger partial charge in [-0.1, -0.05) is 32.9 Å². The normalized spacial score (nSPS) is 19.5. The Balaban J connectivity index is 0.00000480. The van der Waals surface area contributed by atoms with E-state index in [1.807, 2.05) is 7.05 Å². The summed E-state index contributed by atoms with van der Waals surface area (Å²) in [6.07, 6.45) is 3.45. The second-order valence-electron chi connectivity index (χ2n) is 9.17. The third kappa shape index (κ3) is 9.53. The fourth-order valence-corrected chi connectivity index (χ4v) is 3.96. The summed E-state index contributed by atoms with van der Waals surface area (Å²) >= 11 is 0. The topological polar surface area (TPSA) is 64.1 Å². The third-order valence-corrected chi connectivity index (χ3v) is 5.47. The van der Waals surface area contributed by atoms with Gasteiger partial charge in [0.05, 0.1) is 12.7 Å². The quantitative estimate of drug-likeness (QED) is 0.206. The maximum Gasteiger partial charge on any atom is 0.191 e. The van der Waals surface area contributed by atoms with Gasteiger partial charge in [0.25, 0.3) is 0 Å². The minimum absolute atomic E-state index is 0. The molecule has 0 aromatic heterocycles. The van der Waals surface area contributed by atoms with Crippen LogP contribution in [0.3, 0.4) is 0 Å². The van der Waals surface area contributed by atoms with Crippen molar-refractivity contribution in [2.45, 2.75) is 59.6 Å². The highest BCUT2D eigenvalue weighted by Gasteiger charge is 2.35. The summed E-state index contributed by atoms with van der Waals surface area (Å²) in [5.74, 6) is 2.21. The molecule has 1 saturated heterocycles. The molecule has 178 valence electrons. The smallest absolute Gasteiger partial charge is 0.191 e. The van der Waals surface area contributed by atoms with Crippen molar-refractivity contribution in [1.82, 2.24) is 10.6 Å². The van der Waals surface area contributed by atoms with E-state index in [1.165, 1.54) is 12.0 Å². The van der Waals surface area contributed by atoms with Crippen molar-refractivity contribution in [2.75, 3.05) is 40.5 Å². The molecule has 2 unspecified atom stereocenters. The highest BCUT2D eigenvalue weighted by atomic mass is 127. The van der Waals surface area contributed by atoms with Crippen LogP contribution >= 0.6 is 24.0 Å². The van der Waals surface area contributed by atoms with Crippen LogP contribution in [0.15, 0.2) is 23.2 Å². The number of aryl methyl sites for hydroxylation is 1. The number of hydrogen-bond donors (Lipinski definition) is 2. The molecular formula is C24H42IN3O3. The number of guanidine groups is 1. The molecule has 1 aliphatic heterocycles. The predicted octanol–water partition coefficient (Wildman–Crippen LogP) is 4.53. The molecule has 1 aromatic rings. The van der Waals surface area contributed by atoms with Crippen LogP contribution in [0.2, 0.25) is 0 Å². The van der Waals surface area contributed by atoms with Crippen molar-refractivity contribution in [1.29, 1.82) is 0 Å². The van der Waals surface area contributed by atoms with E-state index in [-0.39, 0.29) is 35.5 Å². The van der Waals surface area contributed by atoms with Crippen molar-refractivity contribution in [3.8, 4) is 5.75 Å². The summed E-state index contributed by atoms with van der Waals surface area (Å²) in [5, 5.41) is 6.94. The number of nitrogens with zero attached hydrogens (tertiary/aromatic N) is 1. The van der Waals surface area contributed by atoms with Crippen LogP contribution in [0.25, 0.3) is 0 Å². The summed E-state index contributed by atoms with van der Waals surface area (Å²) in [4.78, 5) is 4.40. The number of hydrogen-bond acceptors (Lipinski definition) is 4. The zero-order valence-electron chi connectivity index (χ0n) is 20.1. The molecule has 7 heteroatoms. The van der Waals surface area contributed by atoms with Gasteiger partial charge in [0, 0.05) is 58.4 Å². The van der Waals surface area contributed by atoms with E-state index < -0.39 is 0 Å². The molecule has 1 aliphatic rings. The molecule has 0 bridgehead atoms. The summed E-state index contributed by atoms with van der Waals surface area (Å²) in [6, 6.07) is 6.32. The van der Waals surface area contributed by atoms with Gasteiger partial charge < -0.3 is 24.8 Å². The van der Waals surface area contributed by atoms with Crippen molar-refractivity contribution < 1.29 is 14.2 Å². The molecule has 0 radical (unpaired) electrons. The van der Waals surface area contributed by atoms with Crippen molar-refractivity contribution in [2.24, 2.45) is 16.3 Å². The summed E-state index contributed by atoms with van der Waals surface area (Å²) in [7, 11) is 3.52. The second kappa shape index (κ2) is 14.2. The van der Waals surface area contributed by atoms with Gasteiger partial charge in [0.1, 0.15) is 5.75 Å². The molecule has 2 rings (SSSR count). The fourth-order valence-electron chi connectivity index (χ4n) is 3.96. The average Bonchev–Trinajstić information content (AvgIpc) is 2.72. The summed E-state index contributed by atoms with van der Waals surface area (Å²) in [6.45, 7) is 12.6. The number of methoxy groups -OCH3 is 1. The Morgan fingerprint density at radius 3 is 2.68 bits per heavy atom. The SMILES string of the molecule is CN=C(NCc1ccc(C)cc1OCCCOC)NCC1CCCOC1C(C)(C)C.I. The molecule has 2 N–H and O–H groups in total. The molecule has 6 nitrogen and oxygen atoms in total. The third-order valence-electron chi connectivity index (χ3n) is 5.47. The molecule has 31 heavy (non-hydrogen) atoms. The lowest BCUT2D eigenvalue weighted by Gasteiger charge is -2.40. The lowest BCUT2D eigenvalue weighted by atomic mass is 9.78. The molecule has 0 aliphatic carbocycles. The minimum Gasteiger partial charge on any atom is -0.493 e. The van der Waals surface area contributed by atoms with Crippen molar-refractivity contribution >= 4 is 29.9 Å². The van der Waals surface area contributed by atoms with E-state index in [2.05, 4.69) is 61.5 Å². The Kier molecular flexibility index (Phi) is 12.8. The number of aliphatic imine (C=N–C) groups is 1. The Labute approximate surface area is 205 Å². The first-order valence-corrected chi connectivity index (χ1v) is 11.1. The van der Waals surface area contributed by atoms with Gasteiger partial charge in [-0.05, 0) is 36.8 Å². The van der Waals surface area contributed by atoms with Crippen molar-refractivity contribution in [3.63, 3.8) is 0 Å². The Morgan fingerprint density at radius 2 is 2.00 bits per heavy atom. The standard InChI is InChI=1S/C24H41N3O3.HI/c1-18-10-11-19(21(15-18)29-14-8-12-28-6)16-26-23(25-5)27-17-20-9-7-13-30-22(20)24(2,3)4;/h10-11,15,20,22H,7-9,12-14,16-17H2,1-6H3,(H2,25,26,27);1H. The fraction of sp³-hybridized carbons (Fsp3) is 0.708. The first-order valence-electron chi connectivity index (χ1n) is 11.1. The summed E-state index contributed by atoms with van der Waals surface area (Å²) in [5.41, 5.74) is 2.45. The van der Waals surface area contributed by atoms with Crippen LogP contribution in [0, 0.1) is 18.3 Å². The highest BCUT2D eigenvalue weighted by molar-refractivity contribution is 14.0. The van der Waals surface area contributed by atoms with Crippen molar-refractivity contribution in [3.05, 3.63) is 29.3 Å². The van der Waals surface area contributed by atoms with Gasteiger partial charge >= 0.3 is 0 Å². The number of halogens is 1. The number of rotatable bonds is 9. The number of ether oxygens (including phenoxy) is 3. The van der Waals surface area contributed by atoms with Gasteiger partial charge in [0.15, 0.2) is 5.96 Å². The van der Waals surface area contributed by atoms with E-state index in [1.54, 1.807) is 7.11 Å². The average molecular weight is 548 g/mol. The first-order chi connectivity index (χ1) is 14.3. The minimum atomic E-state index is 0. The van der Waals surface area contributed by atoms with E-state index >= 15 is 0 Å². The lowest BCUT2D eigenvalue weighted by Crippen LogP contribution is -2.47. The Morgan fingerprint density at radius 1 is 1.23 bits per heavy atom. The first kappa shape index (κ1) is 28.0. The number of nitrogens with one attached hydrogen (secondary N) is 2. The van der Waals surface area contributed by atoms with Crippen LogP contribution in [-0.2, 0) is 16.0 Å². The molecule has 2 atom stereocenters. The van der Waals surface area contributed by atoms with Crippen LogP contribution in [0.5, 0.6) is 5.75 Å². The molecule has 1 heterocycles. The van der Waals surface area contributed by atoms with Crippen LogP contribution in [0.1, 0.15) is 51.2 Å². The maximum atomic E-state index is 6.11.